The molecule has 3 rings (SSSR count). The van der Waals surface area contributed by atoms with Gasteiger partial charge in [0.1, 0.15) is 0 Å². The molecule has 0 spiro atoms. The Kier molecular flexibility index (Phi) is 5.59. The van der Waals surface area contributed by atoms with Crippen molar-refractivity contribution < 1.29 is 27.5 Å². The minimum Gasteiger partial charge on any atom is -0.455 e. The van der Waals surface area contributed by atoms with Crippen LogP contribution in [0.1, 0.15) is 13.3 Å². The van der Waals surface area contributed by atoms with E-state index in [4.69, 9.17) is 9.47 Å². The molecule has 2 atom stereocenters. The number of carbonyl (C=O) groups excluding carboxylic acids is 2. The Morgan fingerprint density at radius 1 is 1.23 bits per heavy atom. The maximum Gasteiger partial charge on any atom is 0.309 e. The largest absolute Gasteiger partial charge is 0.455 e. The average molecular weight is 382 g/mol. The SMILES string of the molecule is CC1CC1C(=O)OCC(=O)Nc1ccc(S(=O)(=O)N2CCOCC2)cc1. The van der Waals surface area contributed by atoms with Gasteiger partial charge >= 0.3 is 5.97 Å². The molecule has 0 radical (unpaired) electrons. The van der Waals surface area contributed by atoms with Gasteiger partial charge < -0.3 is 14.8 Å². The molecule has 2 unspecified atom stereocenters. The summed E-state index contributed by atoms with van der Waals surface area (Å²) >= 11 is 0. The van der Waals surface area contributed by atoms with Crippen molar-refractivity contribution in [1.82, 2.24) is 4.31 Å². The molecule has 0 aromatic heterocycles. The first kappa shape index (κ1) is 18.8. The molecule has 1 amide bonds. The number of hydrogen-bond acceptors (Lipinski definition) is 6. The molecule has 1 aliphatic heterocycles. The first-order valence-corrected chi connectivity index (χ1v) is 9.96. The third-order valence-electron chi connectivity index (χ3n) is 4.50. The minimum absolute atomic E-state index is 0.0903. The zero-order valence-corrected chi connectivity index (χ0v) is 15.3. The number of carbonyl (C=O) groups is 2. The van der Waals surface area contributed by atoms with E-state index in [1.165, 1.54) is 28.6 Å². The summed E-state index contributed by atoms with van der Waals surface area (Å²) in [5.74, 6) is -0.575. The summed E-state index contributed by atoms with van der Waals surface area (Å²) in [7, 11) is -3.57. The lowest BCUT2D eigenvalue weighted by atomic mass is 10.3. The van der Waals surface area contributed by atoms with Crippen LogP contribution in [0.2, 0.25) is 0 Å². The first-order valence-electron chi connectivity index (χ1n) is 8.52. The molecular formula is C17H22N2O6S. The number of amides is 1. The molecule has 9 heteroatoms. The second-order valence-electron chi connectivity index (χ2n) is 6.52. The van der Waals surface area contributed by atoms with Crippen LogP contribution in [-0.4, -0.2) is 57.5 Å². The van der Waals surface area contributed by atoms with Gasteiger partial charge in [0.15, 0.2) is 6.61 Å². The Morgan fingerprint density at radius 3 is 2.42 bits per heavy atom. The van der Waals surface area contributed by atoms with Gasteiger partial charge in [0, 0.05) is 18.8 Å². The Bertz CT molecular complexity index is 771. The van der Waals surface area contributed by atoms with E-state index in [9.17, 15) is 18.0 Å². The summed E-state index contributed by atoms with van der Waals surface area (Å²) in [5.41, 5.74) is 0.437. The van der Waals surface area contributed by atoms with E-state index in [1.807, 2.05) is 6.92 Å². The Hall–Kier alpha value is -1.97. The van der Waals surface area contributed by atoms with Gasteiger partial charge in [0.25, 0.3) is 5.91 Å². The lowest BCUT2D eigenvalue weighted by Crippen LogP contribution is -2.40. The van der Waals surface area contributed by atoms with E-state index in [2.05, 4.69) is 5.32 Å². The van der Waals surface area contributed by atoms with Gasteiger partial charge in [-0.3, -0.25) is 9.59 Å². The average Bonchev–Trinajstić information content (AvgIpc) is 3.38. The van der Waals surface area contributed by atoms with Crippen LogP contribution >= 0.6 is 0 Å². The first-order chi connectivity index (χ1) is 12.4. The monoisotopic (exact) mass is 382 g/mol. The number of hydrogen-bond donors (Lipinski definition) is 1. The van der Waals surface area contributed by atoms with Crippen molar-refractivity contribution in [2.75, 3.05) is 38.2 Å². The van der Waals surface area contributed by atoms with Crippen LogP contribution < -0.4 is 5.32 Å². The Morgan fingerprint density at radius 2 is 1.85 bits per heavy atom. The molecule has 1 saturated carbocycles. The number of anilines is 1. The maximum absolute atomic E-state index is 12.5. The number of nitrogens with one attached hydrogen (secondary N) is 1. The normalized spacial score (nSPS) is 23.3. The molecule has 1 aromatic carbocycles. The second kappa shape index (κ2) is 7.73. The maximum atomic E-state index is 12.5. The minimum atomic E-state index is -3.57. The van der Waals surface area contributed by atoms with Crippen LogP contribution in [0, 0.1) is 11.8 Å². The van der Waals surface area contributed by atoms with Crippen LogP contribution in [0.4, 0.5) is 5.69 Å². The highest BCUT2D eigenvalue weighted by molar-refractivity contribution is 7.89. The van der Waals surface area contributed by atoms with Crippen LogP contribution in [0.25, 0.3) is 0 Å². The molecule has 2 fully saturated rings. The van der Waals surface area contributed by atoms with Gasteiger partial charge in [-0.1, -0.05) is 6.92 Å². The molecule has 142 valence electrons. The summed E-state index contributed by atoms with van der Waals surface area (Å²) in [6.07, 6.45) is 0.805. The summed E-state index contributed by atoms with van der Waals surface area (Å²) in [5, 5.41) is 2.58. The highest BCUT2D eigenvalue weighted by Gasteiger charge is 2.40. The highest BCUT2D eigenvalue weighted by Crippen LogP contribution is 2.38. The van der Waals surface area contributed by atoms with Gasteiger partial charge in [0.2, 0.25) is 10.0 Å². The molecular weight excluding hydrogens is 360 g/mol. The van der Waals surface area contributed by atoms with Gasteiger partial charge in [-0.2, -0.15) is 4.31 Å². The predicted octanol–water partition coefficient (Wildman–Crippen LogP) is 0.845. The van der Waals surface area contributed by atoms with E-state index in [0.717, 1.165) is 6.42 Å². The number of esters is 1. The van der Waals surface area contributed by atoms with Crippen LogP contribution in [0.15, 0.2) is 29.2 Å². The smallest absolute Gasteiger partial charge is 0.309 e. The van der Waals surface area contributed by atoms with Gasteiger partial charge in [-0.05, 0) is 36.6 Å². The molecule has 1 aromatic rings. The van der Waals surface area contributed by atoms with Gasteiger partial charge in [-0.15, -0.1) is 0 Å². The van der Waals surface area contributed by atoms with E-state index in [-0.39, 0.29) is 23.4 Å². The van der Waals surface area contributed by atoms with E-state index in [1.54, 1.807) is 0 Å². The molecule has 1 aliphatic carbocycles. The molecule has 2 aliphatic rings. The fourth-order valence-corrected chi connectivity index (χ4v) is 4.15. The summed E-state index contributed by atoms with van der Waals surface area (Å²) in [4.78, 5) is 23.6. The predicted molar refractivity (Wildman–Crippen MR) is 92.9 cm³/mol. The van der Waals surface area contributed by atoms with E-state index >= 15 is 0 Å². The number of sulfonamides is 1. The molecule has 8 nitrogen and oxygen atoms in total. The van der Waals surface area contributed by atoms with Crippen molar-refractivity contribution in [2.45, 2.75) is 18.2 Å². The fraction of sp³-hybridized carbons (Fsp3) is 0.529. The van der Waals surface area contributed by atoms with Crippen molar-refractivity contribution in [1.29, 1.82) is 0 Å². The highest BCUT2D eigenvalue weighted by atomic mass is 32.2. The van der Waals surface area contributed by atoms with Crippen LogP contribution in [0.5, 0.6) is 0 Å². The third-order valence-corrected chi connectivity index (χ3v) is 6.42. The molecule has 0 bridgehead atoms. The van der Waals surface area contributed by atoms with Gasteiger partial charge in [0.05, 0.1) is 24.0 Å². The Balaban J connectivity index is 1.53. The second-order valence-corrected chi connectivity index (χ2v) is 8.45. The third kappa shape index (κ3) is 4.40. The van der Waals surface area contributed by atoms with Crippen molar-refractivity contribution in [3.05, 3.63) is 24.3 Å². The fourth-order valence-electron chi connectivity index (χ4n) is 2.74. The lowest BCUT2D eigenvalue weighted by molar-refractivity contribution is -0.148. The summed E-state index contributed by atoms with van der Waals surface area (Å²) in [6.45, 7) is 3.02. The number of rotatable bonds is 6. The zero-order chi connectivity index (χ0) is 18.7. The van der Waals surface area contributed by atoms with E-state index in [0.29, 0.717) is 37.9 Å². The van der Waals surface area contributed by atoms with Crippen molar-refractivity contribution in [3.63, 3.8) is 0 Å². The number of nitrogens with zero attached hydrogens (tertiary/aromatic N) is 1. The number of benzene rings is 1. The standard InChI is InChI=1S/C17H22N2O6S/c1-12-10-15(12)17(21)25-11-16(20)18-13-2-4-14(5-3-13)26(22,23)19-6-8-24-9-7-19/h2-5,12,15H,6-11H2,1H3,(H,18,20). The summed E-state index contributed by atoms with van der Waals surface area (Å²) in [6, 6.07) is 5.91. The number of morpholine rings is 1. The molecule has 1 heterocycles. The topological polar surface area (TPSA) is 102 Å². The molecule has 26 heavy (non-hydrogen) atoms. The molecule has 1 saturated heterocycles. The number of ether oxygens (including phenoxy) is 2. The van der Waals surface area contributed by atoms with Gasteiger partial charge in [-0.25, -0.2) is 8.42 Å². The van der Waals surface area contributed by atoms with Crippen LogP contribution in [0.3, 0.4) is 0 Å². The zero-order valence-electron chi connectivity index (χ0n) is 14.5. The van der Waals surface area contributed by atoms with E-state index < -0.39 is 15.9 Å². The molecule has 1 N–H and O–H groups in total. The van der Waals surface area contributed by atoms with Crippen molar-refractivity contribution in [3.8, 4) is 0 Å². The Labute approximate surface area is 152 Å². The lowest BCUT2D eigenvalue weighted by Gasteiger charge is -2.26. The van der Waals surface area contributed by atoms with Crippen molar-refractivity contribution >= 4 is 27.6 Å². The summed E-state index contributed by atoms with van der Waals surface area (Å²) < 4.78 is 36.5. The van der Waals surface area contributed by atoms with Crippen molar-refractivity contribution in [2.24, 2.45) is 11.8 Å². The van der Waals surface area contributed by atoms with Crippen LogP contribution in [-0.2, 0) is 29.1 Å². The quantitative estimate of drug-likeness (QED) is 0.732.